The van der Waals surface area contributed by atoms with Gasteiger partial charge in [0.1, 0.15) is 11.3 Å². The number of aromatic nitrogens is 3. The minimum Gasteiger partial charge on any atom is -0.280 e. The summed E-state index contributed by atoms with van der Waals surface area (Å²) in [6.07, 6.45) is 0.831. The smallest absolute Gasteiger partial charge is 0.280 e. The molecule has 0 spiro atoms. The molecule has 0 atom stereocenters. The van der Waals surface area contributed by atoms with Crippen LogP contribution in [0.3, 0.4) is 0 Å². The van der Waals surface area contributed by atoms with Gasteiger partial charge in [-0.15, -0.1) is 0 Å². The van der Waals surface area contributed by atoms with Crippen LogP contribution < -0.4 is 16.0 Å². The predicted molar refractivity (Wildman–Crippen MR) is 74.5 cm³/mol. The molecule has 0 unspecified atom stereocenters. The number of carbonyl (C=O) groups is 1. The van der Waals surface area contributed by atoms with Gasteiger partial charge in [-0.25, -0.2) is 22.9 Å². The van der Waals surface area contributed by atoms with Gasteiger partial charge in [0.15, 0.2) is 0 Å². The number of carbonyl (C=O) groups excluding carboxylic acids is 1. The van der Waals surface area contributed by atoms with Crippen LogP contribution in [0.25, 0.3) is 11.0 Å². The molecule has 2 aromatic rings. The molecule has 1 amide bonds. The lowest BCUT2D eigenvalue weighted by Gasteiger charge is -2.08. The molecular formula is C11H12N4O5S. The summed E-state index contributed by atoms with van der Waals surface area (Å²) in [5.74, 6) is -0.937. The Bertz CT molecular complexity index is 970. The predicted octanol–water partition coefficient (Wildman–Crippen LogP) is -1.68. The van der Waals surface area contributed by atoms with E-state index in [0.717, 1.165) is 15.4 Å². The summed E-state index contributed by atoms with van der Waals surface area (Å²) in [6, 6.07) is 2.54. The summed E-state index contributed by atoms with van der Waals surface area (Å²) in [6.45, 7) is 0. The molecule has 10 heteroatoms. The molecule has 0 aromatic carbocycles. The quantitative estimate of drug-likeness (QED) is 0.707. The van der Waals surface area contributed by atoms with Crippen molar-refractivity contribution in [3.05, 3.63) is 38.7 Å². The molecule has 112 valence electrons. The standard InChI is InChI=1S/C11H12N4O5S/c1-14-8-6(10(17)15(2)11(14)18)4-5-7(12-8)9(16)13-21(3,19)20/h4-5H,1-3H3,(H,13,16). The zero-order valence-corrected chi connectivity index (χ0v) is 12.3. The lowest BCUT2D eigenvalue weighted by Crippen LogP contribution is -2.37. The van der Waals surface area contributed by atoms with E-state index >= 15 is 0 Å². The number of hydrogen-bond acceptors (Lipinski definition) is 6. The lowest BCUT2D eigenvalue weighted by molar-refractivity contribution is 0.0977. The largest absolute Gasteiger partial charge is 0.332 e. The van der Waals surface area contributed by atoms with Gasteiger partial charge in [-0.3, -0.25) is 18.7 Å². The Balaban J connectivity index is 2.71. The van der Waals surface area contributed by atoms with Crippen LogP contribution in [0, 0.1) is 0 Å². The van der Waals surface area contributed by atoms with Crippen LogP contribution in [0.15, 0.2) is 21.7 Å². The van der Waals surface area contributed by atoms with E-state index in [1.807, 2.05) is 0 Å². The Kier molecular flexibility index (Phi) is 3.41. The monoisotopic (exact) mass is 312 g/mol. The average Bonchev–Trinajstić information content (AvgIpc) is 2.40. The van der Waals surface area contributed by atoms with E-state index in [-0.39, 0.29) is 16.7 Å². The minimum atomic E-state index is -3.73. The fraction of sp³-hybridized carbons (Fsp3) is 0.273. The molecule has 2 rings (SSSR count). The third-order valence-corrected chi connectivity index (χ3v) is 3.37. The molecule has 0 aliphatic heterocycles. The van der Waals surface area contributed by atoms with E-state index in [1.165, 1.54) is 26.2 Å². The van der Waals surface area contributed by atoms with E-state index in [0.29, 0.717) is 0 Å². The Hall–Kier alpha value is -2.49. The Labute approximate surface area is 118 Å². The highest BCUT2D eigenvalue weighted by Crippen LogP contribution is 2.06. The second kappa shape index (κ2) is 4.81. The highest BCUT2D eigenvalue weighted by Gasteiger charge is 2.16. The summed E-state index contributed by atoms with van der Waals surface area (Å²) >= 11 is 0. The number of nitrogens with zero attached hydrogens (tertiary/aromatic N) is 3. The van der Waals surface area contributed by atoms with E-state index < -0.39 is 27.2 Å². The van der Waals surface area contributed by atoms with Crippen LogP contribution in [0.2, 0.25) is 0 Å². The normalized spacial score (nSPS) is 11.6. The summed E-state index contributed by atoms with van der Waals surface area (Å²) in [5.41, 5.74) is -1.35. The van der Waals surface area contributed by atoms with Gasteiger partial charge in [-0.05, 0) is 12.1 Å². The molecule has 2 aromatic heterocycles. The number of hydrogen-bond donors (Lipinski definition) is 1. The van der Waals surface area contributed by atoms with Crippen molar-refractivity contribution in [2.24, 2.45) is 14.1 Å². The van der Waals surface area contributed by atoms with Crippen molar-refractivity contribution in [3.8, 4) is 0 Å². The van der Waals surface area contributed by atoms with Gasteiger partial charge in [0.25, 0.3) is 11.5 Å². The maximum absolute atomic E-state index is 11.9. The third kappa shape index (κ3) is 2.70. The second-order valence-corrected chi connectivity index (χ2v) is 6.23. The van der Waals surface area contributed by atoms with Gasteiger partial charge in [0, 0.05) is 14.1 Å². The maximum Gasteiger partial charge on any atom is 0.332 e. The number of nitrogens with one attached hydrogen (secondary N) is 1. The molecule has 21 heavy (non-hydrogen) atoms. The van der Waals surface area contributed by atoms with Crippen LogP contribution >= 0.6 is 0 Å². The molecule has 0 saturated heterocycles. The fourth-order valence-electron chi connectivity index (χ4n) is 1.80. The Morgan fingerprint density at radius 2 is 1.81 bits per heavy atom. The lowest BCUT2D eigenvalue weighted by atomic mass is 10.2. The number of rotatable bonds is 2. The molecule has 2 heterocycles. The van der Waals surface area contributed by atoms with Crippen LogP contribution in [0.5, 0.6) is 0 Å². The summed E-state index contributed by atoms with van der Waals surface area (Å²) in [7, 11) is -1.01. The molecule has 9 nitrogen and oxygen atoms in total. The average molecular weight is 312 g/mol. The molecular weight excluding hydrogens is 300 g/mol. The van der Waals surface area contributed by atoms with Crippen LogP contribution in [-0.4, -0.2) is 34.7 Å². The van der Waals surface area contributed by atoms with Crippen LogP contribution in [0.4, 0.5) is 0 Å². The number of pyridine rings is 1. The molecule has 0 radical (unpaired) electrons. The van der Waals surface area contributed by atoms with Crippen molar-refractivity contribution in [1.82, 2.24) is 18.8 Å². The first-order valence-corrected chi connectivity index (χ1v) is 7.60. The minimum absolute atomic E-state index is 0.00394. The van der Waals surface area contributed by atoms with Crippen molar-refractivity contribution in [2.45, 2.75) is 0 Å². The van der Waals surface area contributed by atoms with Gasteiger partial charge in [0.05, 0.1) is 11.6 Å². The van der Waals surface area contributed by atoms with Crippen LogP contribution in [0.1, 0.15) is 10.5 Å². The number of amides is 1. The van der Waals surface area contributed by atoms with E-state index in [1.54, 1.807) is 4.72 Å². The highest BCUT2D eigenvalue weighted by atomic mass is 32.2. The van der Waals surface area contributed by atoms with E-state index in [9.17, 15) is 22.8 Å². The van der Waals surface area contributed by atoms with Crippen molar-refractivity contribution in [2.75, 3.05) is 6.26 Å². The molecule has 0 fully saturated rings. The molecule has 0 bridgehead atoms. The number of fused-ring (bicyclic) bond motifs is 1. The van der Waals surface area contributed by atoms with Gasteiger partial charge in [-0.1, -0.05) is 0 Å². The number of aryl methyl sites for hydroxylation is 1. The first kappa shape index (κ1) is 14.9. The van der Waals surface area contributed by atoms with E-state index in [4.69, 9.17) is 0 Å². The van der Waals surface area contributed by atoms with Crippen molar-refractivity contribution >= 4 is 27.0 Å². The summed E-state index contributed by atoms with van der Waals surface area (Å²) in [4.78, 5) is 39.4. The first-order chi connectivity index (χ1) is 9.61. The van der Waals surface area contributed by atoms with Gasteiger partial charge >= 0.3 is 5.69 Å². The topological polar surface area (TPSA) is 120 Å². The van der Waals surface area contributed by atoms with Crippen LogP contribution in [-0.2, 0) is 24.1 Å². The SMILES string of the molecule is Cn1c(=O)c2ccc(C(=O)NS(C)(=O)=O)nc2n(C)c1=O. The Morgan fingerprint density at radius 1 is 1.19 bits per heavy atom. The van der Waals surface area contributed by atoms with Gasteiger partial charge in [-0.2, -0.15) is 0 Å². The summed E-state index contributed by atoms with van der Waals surface area (Å²) in [5, 5.41) is 0.149. The highest BCUT2D eigenvalue weighted by molar-refractivity contribution is 7.89. The fourth-order valence-corrected chi connectivity index (χ4v) is 2.24. The second-order valence-electron chi connectivity index (χ2n) is 4.48. The van der Waals surface area contributed by atoms with Gasteiger partial charge < -0.3 is 0 Å². The molecule has 1 N–H and O–H groups in total. The third-order valence-electron chi connectivity index (χ3n) is 2.81. The molecule has 0 aliphatic rings. The van der Waals surface area contributed by atoms with Gasteiger partial charge in [0.2, 0.25) is 10.0 Å². The Morgan fingerprint density at radius 3 is 2.38 bits per heavy atom. The van der Waals surface area contributed by atoms with E-state index in [2.05, 4.69) is 4.98 Å². The molecule has 0 aliphatic carbocycles. The zero-order valence-electron chi connectivity index (χ0n) is 11.4. The zero-order chi connectivity index (χ0) is 15.9. The number of sulfonamides is 1. The molecule has 0 saturated carbocycles. The van der Waals surface area contributed by atoms with Crippen molar-refractivity contribution in [3.63, 3.8) is 0 Å². The maximum atomic E-state index is 11.9. The summed E-state index contributed by atoms with van der Waals surface area (Å²) < 4.78 is 25.8. The first-order valence-electron chi connectivity index (χ1n) is 5.70. The van der Waals surface area contributed by atoms with Crippen molar-refractivity contribution in [1.29, 1.82) is 0 Å². The van der Waals surface area contributed by atoms with Crippen molar-refractivity contribution < 1.29 is 13.2 Å².